The fourth-order valence-corrected chi connectivity index (χ4v) is 3.09. The van der Waals surface area contributed by atoms with Gasteiger partial charge in [-0.15, -0.1) is 0 Å². The minimum Gasteiger partial charge on any atom is -0.354 e. The van der Waals surface area contributed by atoms with E-state index in [9.17, 15) is 4.79 Å². The SMILES string of the molecule is CC/C=C\C/C=C\C/C=C\CC1CC1C/C=C\CCCC(=O)NC(C)CC. The molecule has 0 aliphatic heterocycles. The average Bonchev–Trinajstić information content (AvgIpc) is 3.41. The van der Waals surface area contributed by atoms with Crippen molar-refractivity contribution < 1.29 is 4.79 Å². The van der Waals surface area contributed by atoms with E-state index in [2.05, 4.69) is 74.7 Å². The first-order valence-electron chi connectivity index (χ1n) is 11.1. The first-order chi connectivity index (χ1) is 13.2. The van der Waals surface area contributed by atoms with Crippen LogP contribution in [0, 0.1) is 11.8 Å². The Labute approximate surface area is 167 Å². The maximum atomic E-state index is 11.7. The standard InChI is InChI=1S/C25H41NO/c1-4-6-7-8-9-10-11-12-15-18-23-21-24(23)19-16-13-14-17-20-25(27)26-22(3)5-2/h6-7,9-10,12-13,15-16,22-24H,4-5,8,11,14,17-21H2,1-3H3,(H,26,27)/b7-6-,10-9-,15-12-,16-13-. The van der Waals surface area contributed by atoms with Gasteiger partial charge in [-0.3, -0.25) is 4.79 Å². The Morgan fingerprint density at radius 2 is 1.52 bits per heavy atom. The summed E-state index contributed by atoms with van der Waals surface area (Å²) in [5.41, 5.74) is 0. The molecule has 0 saturated heterocycles. The number of rotatable bonds is 15. The minimum absolute atomic E-state index is 0.194. The van der Waals surface area contributed by atoms with Crippen LogP contribution in [0.1, 0.15) is 85.0 Å². The molecule has 1 amide bonds. The monoisotopic (exact) mass is 371 g/mol. The van der Waals surface area contributed by atoms with Crippen molar-refractivity contribution in [1.29, 1.82) is 0 Å². The highest BCUT2D eigenvalue weighted by molar-refractivity contribution is 5.76. The lowest BCUT2D eigenvalue weighted by Crippen LogP contribution is -2.31. The van der Waals surface area contributed by atoms with Gasteiger partial charge in [0.1, 0.15) is 0 Å². The fourth-order valence-electron chi connectivity index (χ4n) is 3.09. The predicted molar refractivity (Wildman–Crippen MR) is 119 cm³/mol. The Hall–Kier alpha value is -1.57. The summed E-state index contributed by atoms with van der Waals surface area (Å²) in [7, 11) is 0. The first-order valence-corrected chi connectivity index (χ1v) is 11.1. The average molecular weight is 372 g/mol. The molecule has 0 aromatic heterocycles. The van der Waals surface area contributed by atoms with Gasteiger partial charge in [0.15, 0.2) is 0 Å². The molecule has 1 N–H and O–H groups in total. The van der Waals surface area contributed by atoms with E-state index in [1.165, 1.54) is 19.3 Å². The maximum absolute atomic E-state index is 11.7. The van der Waals surface area contributed by atoms with E-state index in [0.717, 1.165) is 50.4 Å². The molecular weight excluding hydrogens is 330 g/mol. The third-order valence-electron chi connectivity index (χ3n) is 5.19. The minimum atomic E-state index is 0.194. The van der Waals surface area contributed by atoms with Crippen molar-refractivity contribution in [3.05, 3.63) is 48.6 Å². The Balaban J connectivity index is 1.97. The van der Waals surface area contributed by atoms with E-state index >= 15 is 0 Å². The second-order valence-corrected chi connectivity index (χ2v) is 7.76. The van der Waals surface area contributed by atoms with E-state index in [1.54, 1.807) is 0 Å². The summed E-state index contributed by atoms with van der Waals surface area (Å²) in [6.45, 7) is 6.32. The summed E-state index contributed by atoms with van der Waals surface area (Å²) in [5.74, 6) is 1.97. The summed E-state index contributed by atoms with van der Waals surface area (Å²) in [6, 6.07) is 0.299. The molecule has 0 aromatic rings. The predicted octanol–water partition coefficient (Wildman–Crippen LogP) is 6.90. The molecule has 1 saturated carbocycles. The summed E-state index contributed by atoms with van der Waals surface area (Å²) >= 11 is 0. The van der Waals surface area contributed by atoms with Crippen LogP contribution in [0.15, 0.2) is 48.6 Å². The van der Waals surface area contributed by atoms with Crippen LogP contribution in [0.2, 0.25) is 0 Å². The first kappa shape index (κ1) is 23.5. The number of hydrogen-bond donors (Lipinski definition) is 1. The van der Waals surface area contributed by atoms with Crippen molar-refractivity contribution in [2.45, 2.75) is 91.0 Å². The number of hydrogen-bond acceptors (Lipinski definition) is 1. The molecule has 1 fully saturated rings. The second kappa shape index (κ2) is 15.5. The Morgan fingerprint density at radius 3 is 2.15 bits per heavy atom. The molecule has 3 atom stereocenters. The lowest BCUT2D eigenvalue weighted by atomic mass is 10.1. The molecule has 0 bridgehead atoms. The largest absolute Gasteiger partial charge is 0.354 e. The molecule has 1 rings (SSSR count). The van der Waals surface area contributed by atoms with Crippen LogP contribution in [0.4, 0.5) is 0 Å². The van der Waals surface area contributed by atoms with Gasteiger partial charge in [-0.05, 0) is 76.5 Å². The third-order valence-corrected chi connectivity index (χ3v) is 5.19. The van der Waals surface area contributed by atoms with Crippen molar-refractivity contribution >= 4 is 5.91 Å². The zero-order chi connectivity index (χ0) is 19.7. The van der Waals surface area contributed by atoms with Gasteiger partial charge in [0.05, 0.1) is 0 Å². The fraction of sp³-hybridized carbons (Fsp3) is 0.640. The molecule has 152 valence electrons. The maximum Gasteiger partial charge on any atom is 0.220 e. The Kier molecular flexibility index (Phi) is 13.5. The molecular formula is C25H41NO. The Bertz CT molecular complexity index is 500. The summed E-state index contributed by atoms with van der Waals surface area (Å²) < 4.78 is 0. The molecule has 0 radical (unpaired) electrons. The van der Waals surface area contributed by atoms with Gasteiger partial charge in [0.2, 0.25) is 5.91 Å². The smallest absolute Gasteiger partial charge is 0.220 e. The van der Waals surface area contributed by atoms with Gasteiger partial charge in [-0.2, -0.15) is 0 Å². The molecule has 0 aromatic carbocycles. The molecule has 0 heterocycles. The van der Waals surface area contributed by atoms with Gasteiger partial charge in [0, 0.05) is 12.5 Å². The van der Waals surface area contributed by atoms with Gasteiger partial charge in [0.25, 0.3) is 0 Å². The van der Waals surface area contributed by atoms with Crippen LogP contribution >= 0.6 is 0 Å². The highest BCUT2D eigenvalue weighted by Crippen LogP contribution is 2.44. The lowest BCUT2D eigenvalue weighted by Gasteiger charge is -2.10. The van der Waals surface area contributed by atoms with Gasteiger partial charge >= 0.3 is 0 Å². The van der Waals surface area contributed by atoms with E-state index in [-0.39, 0.29) is 5.91 Å². The molecule has 2 nitrogen and oxygen atoms in total. The van der Waals surface area contributed by atoms with Crippen molar-refractivity contribution in [3.63, 3.8) is 0 Å². The van der Waals surface area contributed by atoms with Crippen LogP contribution in [-0.4, -0.2) is 11.9 Å². The molecule has 3 unspecified atom stereocenters. The van der Waals surface area contributed by atoms with E-state index in [1.807, 2.05) is 0 Å². The molecule has 27 heavy (non-hydrogen) atoms. The number of allylic oxidation sites excluding steroid dienone is 8. The highest BCUT2D eigenvalue weighted by atomic mass is 16.1. The lowest BCUT2D eigenvalue weighted by molar-refractivity contribution is -0.121. The van der Waals surface area contributed by atoms with Gasteiger partial charge in [-0.1, -0.05) is 62.5 Å². The van der Waals surface area contributed by atoms with E-state index in [0.29, 0.717) is 12.5 Å². The normalized spacial score (nSPS) is 21.0. The summed E-state index contributed by atoms with van der Waals surface area (Å²) in [5, 5.41) is 3.02. The van der Waals surface area contributed by atoms with E-state index < -0.39 is 0 Å². The highest BCUT2D eigenvalue weighted by Gasteiger charge is 2.34. The molecule has 1 aliphatic rings. The number of unbranched alkanes of at least 4 members (excludes halogenated alkanes) is 1. The van der Waals surface area contributed by atoms with Crippen LogP contribution in [0.3, 0.4) is 0 Å². The van der Waals surface area contributed by atoms with Gasteiger partial charge < -0.3 is 5.32 Å². The van der Waals surface area contributed by atoms with Crippen molar-refractivity contribution in [2.24, 2.45) is 11.8 Å². The zero-order valence-electron chi connectivity index (χ0n) is 17.8. The molecule has 1 aliphatic carbocycles. The zero-order valence-corrected chi connectivity index (χ0v) is 17.8. The van der Waals surface area contributed by atoms with Crippen LogP contribution in [0.25, 0.3) is 0 Å². The van der Waals surface area contributed by atoms with Crippen molar-refractivity contribution in [3.8, 4) is 0 Å². The third kappa shape index (κ3) is 13.3. The summed E-state index contributed by atoms with van der Waals surface area (Å²) in [4.78, 5) is 11.7. The van der Waals surface area contributed by atoms with Crippen LogP contribution < -0.4 is 5.32 Å². The number of carbonyl (C=O) groups is 1. The molecule has 0 spiro atoms. The van der Waals surface area contributed by atoms with Crippen LogP contribution in [0.5, 0.6) is 0 Å². The molecule has 2 heteroatoms. The number of carbonyl (C=O) groups excluding carboxylic acids is 1. The second-order valence-electron chi connectivity index (χ2n) is 7.76. The van der Waals surface area contributed by atoms with Crippen molar-refractivity contribution in [1.82, 2.24) is 5.32 Å². The van der Waals surface area contributed by atoms with Crippen LogP contribution in [-0.2, 0) is 4.79 Å². The van der Waals surface area contributed by atoms with Crippen molar-refractivity contribution in [2.75, 3.05) is 0 Å². The Morgan fingerprint density at radius 1 is 0.926 bits per heavy atom. The van der Waals surface area contributed by atoms with Gasteiger partial charge in [-0.25, -0.2) is 0 Å². The quantitative estimate of drug-likeness (QED) is 0.246. The topological polar surface area (TPSA) is 29.1 Å². The van der Waals surface area contributed by atoms with E-state index in [4.69, 9.17) is 0 Å². The summed E-state index contributed by atoms with van der Waals surface area (Å²) in [6.07, 6.45) is 28.9. The number of nitrogens with one attached hydrogen (secondary N) is 1. The number of amides is 1.